The third-order valence-corrected chi connectivity index (χ3v) is 7.00. The smallest absolute Gasteiger partial charge is 0.243 e. The molecule has 0 radical (unpaired) electrons. The van der Waals surface area contributed by atoms with E-state index in [0.717, 1.165) is 11.3 Å². The number of carbonyl (C=O) groups is 1. The highest BCUT2D eigenvalue weighted by atomic mass is 32.2. The van der Waals surface area contributed by atoms with Crippen molar-refractivity contribution in [2.45, 2.75) is 45.1 Å². The zero-order valence-corrected chi connectivity index (χ0v) is 20.2. The molecule has 0 aliphatic heterocycles. The minimum atomic E-state index is -3.68. The highest BCUT2D eigenvalue weighted by Gasteiger charge is 2.23. The molecule has 0 spiro atoms. The number of aromatic nitrogens is 2. The summed E-state index contributed by atoms with van der Waals surface area (Å²) < 4.78 is 34.8. The number of hydrogen-bond donors (Lipinski definition) is 1. The van der Waals surface area contributed by atoms with E-state index < -0.39 is 10.0 Å². The van der Waals surface area contributed by atoms with Crippen LogP contribution in [0.3, 0.4) is 0 Å². The molecule has 2 aromatic carbocycles. The molecule has 8 nitrogen and oxygen atoms in total. The number of rotatable bonds is 10. The average Bonchev–Trinajstić information content (AvgIpc) is 3.24. The minimum Gasteiger partial charge on any atom is -0.489 e. The van der Waals surface area contributed by atoms with Gasteiger partial charge in [0.15, 0.2) is 0 Å². The Hall–Kier alpha value is -3.17. The van der Waals surface area contributed by atoms with Crippen molar-refractivity contribution < 1.29 is 17.9 Å². The number of anilines is 1. The highest BCUT2D eigenvalue weighted by Crippen LogP contribution is 2.30. The van der Waals surface area contributed by atoms with Crippen molar-refractivity contribution in [2.24, 2.45) is 0 Å². The Morgan fingerprint density at radius 3 is 2.45 bits per heavy atom. The van der Waals surface area contributed by atoms with E-state index >= 15 is 0 Å². The molecule has 176 valence electrons. The van der Waals surface area contributed by atoms with Crippen molar-refractivity contribution in [1.82, 2.24) is 14.1 Å². The summed E-state index contributed by atoms with van der Waals surface area (Å²) in [6.07, 6.45) is 3.37. The zero-order chi connectivity index (χ0) is 24.0. The molecule has 0 saturated heterocycles. The normalized spacial score (nSPS) is 11.7. The number of amides is 1. The summed E-state index contributed by atoms with van der Waals surface area (Å²) in [4.78, 5) is 12.9. The van der Waals surface area contributed by atoms with E-state index in [4.69, 9.17) is 4.74 Å². The van der Waals surface area contributed by atoms with Gasteiger partial charge in [-0.1, -0.05) is 32.0 Å². The summed E-state index contributed by atoms with van der Waals surface area (Å²) in [6.45, 7) is 8.02. The first-order valence-corrected chi connectivity index (χ1v) is 12.4. The fourth-order valence-electron chi connectivity index (χ4n) is 3.39. The largest absolute Gasteiger partial charge is 0.489 e. The van der Waals surface area contributed by atoms with Gasteiger partial charge in [-0.15, -0.1) is 0 Å². The van der Waals surface area contributed by atoms with Gasteiger partial charge in [0.2, 0.25) is 15.9 Å². The topological polar surface area (TPSA) is 93.5 Å². The van der Waals surface area contributed by atoms with Crippen LogP contribution in [-0.2, 0) is 21.2 Å². The maximum absolute atomic E-state index is 13.0. The van der Waals surface area contributed by atoms with E-state index in [1.54, 1.807) is 37.0 Å². The number of ether oxygens (including phenoxy) is 1. The number of hydrogen-bond acceptors (Lipinski definition) is 5. The molecule has 0 unspecified atom stereocenters. The molecule has 9 heteroatoms. The molecule has 1 aromatic heterocycles. The molecular formula is C24H30N4O4S. The van der Waals surface area contributed by atoms with Gasteiger partial charge < -0.3 is 10.1 Å². The minimum absolute atomic E-state index is 0.0843. The van der Waals surface area contributed by atoms with Gasteiger partial charge in [-0.05, 0) is 49.7 Å². The van der Waals surface area contributed by atoms with Crippen molar-refractivity contribution >= 4 is 21.6 Å². The van der Waals surface area contributed by atoms with Crippen LogP contribution in [0, 0.1) is 0 Å². The maximum Gasteiger partial charge on any atom is 0.243 e. The summed E-state index contributed by atoms with van der Waals surface area (Å²) in [5.41, 5.74) is 1.94. The van der Waals surface area contributed by atoms with Gasteiger partial charge in [0, 0.05) is 19.3 Å². The molecule has 1 heterocycles. The standard InChI is InChI=1S/C24H30N4O4S/c1-5-27(6-2)33(30,31)21-12-13-23(32-18(3)4)22(15-21)26-24(29)14-19-16-25-28(17-19)20-10-8-7-9-11-20/h7-13,15-18H,5-6,14H2,1-4H3,(H,26,29). The number of benzene rings is 2. The Bertz CT molecular complexity index is 1190. The monoisotopic (exact) mass is 470 g/mol. The van der Waals surface area contributed by atoms with E-state index in [9.17, 15) is 13.2 Å². The summed E-state index contributed by atoms with van der Waals surface area (Å²) in [7, 11) is -3.68. The average molecular weight is 471 g/mol. The van der Waals surface area contributed by atoms with Crippen LogP contribution >= 0.6 is 0 Å². The molecule has 0 bridgehead atoms. The van der Waals surface area contributed by atoms with Crippen LogP contribution in [0.2, 0.25) is 0 Å². The Kier molecular flexibility index (Phi) is 7.88. The molecule has 1 amide bonds. The second kappa shape index (κ2) is 10.6. The van der Waals surface area contributed by atoms with Crippen LogP contribution in [0.4, 0.5) is 5.69 Å². The van der Waals surface area contributed by atoms with Crippen LogP contribution in [-0.4, -0.2) is 47.6 Å². The predicted molar refractivity (Wildman–Crippen MR) is 128 cm³/mol. The van der Waals surface area contributed by atoms with Crippen molar-refractivity contribution in [3.63, 3.8) is 0 Å². The Morgan fingerprint density at radius 1 is 1.12 bits per heavy atom. The number of carbonyl (C=O) groups excluding carboxylic acids is 1. The lowest BCUT2D eigenvalue weighted by molar-refractivity contribution is -0.115. The second-order valence-corrected chi connectivity index (χ2v) is 9.71. The van der Waals surface area contributed by atoms with Crippen molar-refractivity contribution in [3.8, 4) is 11.4 Å². The molecule has 0 aliphatic rings. The summed E-state index contributed by atoms with van der Waals surface area (Å²) in [5.74, 6) is 0.116. The number of para-hydroxylation sites is 1. The second-order valence-electron chi connectivity index (χ2n) is 7.77. The van der Waals surface area contributed by atoms with Gasteiger partial charge in [-0.3, -0.25) is 4.79 Å². The molecule has 0 atom stereocenters. The highest BCUT2D eigenvalue weighted by molar-refractivity contribution is 7.89. The SMILES string of the molecule is CCN(CC)S(=O)(=O)c1ccc(OC(C)C)c(NC(=O)Cc2cnn(-c3ccccc3)c2)c1. The Labute approximate surface area is 195 Å². The Morgan fingerprint density at radius 2 is 1.82 bits per heavy atom. The number of nitrogens with zero attached hydrogens (tertiary/aromatic N) is 3. The quantitative estimate of drug-likeness (QED) is 0.485. The van der Waals surface area contributed by atoms with Gasteiger partial charge in [0.05, 0.1) is 35.0 Å². The van der Waals surface area contributed by atoms with E-state index in [1.807, 2.05) is 44.2 Å². The lowest BCUT2D eigenvalue weighted by atomic mass is 10.2. The first-order chi connectivity index (χ1) is 15.7. The first kappa shape index (κ1) is 24.5. The first-order valence-electron chi connectivity index (χ1n) is 10.9. The molecule has 0 saturated carbocycles. The van der Waals surface area contributed by atoms with Gasteiger partial charge in [-0.25, -0.2) is 13.1 Å². The van der Waals surface area contributed by atoms with Gasteiger partial charge in [-0.2, -0.15) is 9.40 Å². The molecule has 3 aromatic rings. The van der Waals surface area contributed by atoms with Crippen LogP contribution < -0.4 is 10.1 Å². The van der Waals surface area contributed by atoms with E-state index in [-0.39, 0.29) is 23.3 Å². The predicted octanol–water partition coefficient (Wildman–Crippen LogP) is 3.87. The van der Waals surface area contributed by atoms with E-state index in [2.05, 4.69) is 10.4 Å². The molecule has 33 heavy (non-hydrogen) atoms. The third-order valence-electron chi connectivity index (χ3n) is 4.95. The molecular weight excluding hydrogens is 440 g/mol. The zero-order valence-electron chi connectivity index (χ0n) is 19.4. The van der Waals surface area contributed by atoms with Crippen LogP contribution in [0.15, 0.2) is 65.8 Å². The number of sulfonamides is 1. The van der Waals surface area contributed by atoms with Crippen molar-refractivity contribution in [1.29, 1.82) is 0 Å². The van der Waals surface area contributed by atoms with Crippen LogP contribution in [0.5, 0.6) is 5.75 Å². The van der Waals surface area contributed by atoms with Gasteiger partial charge in [0.25, 0.3) is 0 Å². The summed E-state index contributed by atoms with van der Waals surface area (Å²) >= 11 is 0. The fraction of sp³-hybridized carbons (Fsp3) is 0.333. The van der Waals surface area contributed by atoms with E-state index in [0.29, 0.717) is 24.5 Å². The lowest BCUT2D eigenvalue weighted by Crippen LogP contribution is -2.30. The Balaban J connectivity index is 1.83. The van der Waals surface area contributed by atoms with Crippen LogP contribution in [0.1, 0.15) is 33.3 Å². The molecule has 0 fully saturated rings. The van der Waals surface area contributed by atoms with Crippen LogP contribution in [0.25, 0.3) is 5.69 Å². The summed E-state index contributed by atoms with van der Waals surface area (Å²) in [6, 6.07) is 14.1. The molecule has 0 aliphatic carbocycles. The number of nitrogens with one attached hydrogen (secondary N) is 1. The van der Waals surface area contributed by atoms with Gasteiger partial charge >= 0.3 is 0 Å². The van der Waals surface area contributed by atoms with Crippen molar-refractivity contribution in [3.05, 3.63) is 66.5 Å². The third kappa shape index (κ3) is 6.00. The molecule has 3 rings (SSSR count). The lowest BCUT2D eigenvalue weighted by Gasteiger charge is -2.20. The maximum atomic E-state index is 13.0. The van der Waals surface area contributed by atoms with Crippen molar-refractivity contribution in [2.75, 3.05) is 18.4 Å². The summed E-state index contributed by atoms with van der Waals surface area (Å²) in [5, 5.41) is 7.13. The fourth-order valence-corrected chi connectivity index (χ4v) is 4.87. The molecule has 1 N–H and O–H groups in total. The van der Waals surface area contributed by atoms with E-state index in [1.165, 1.54) is 16.4 Å². The van der Waals surface area contributed by atoms with Gasteiger partial charge in [0.1, 0.15) is 5.75 Å².